The fourth-order valence-corrected chi connectivity index (χ4v) is 6.35. The standard InChI is InChI=1S/C50H86O5/c1-3-5-7-9-11-13-15-17-19-21-23-24-25-27-28-30-32-34-36-38-40-42-44-49(52)54-47-48(46-51)55-50(53)45-43-41-39-37-35-33-31-29-26-22-20-18-16-14-12-10-8-6-4-2/h6,8,12,14,18,20,26,29,33,35,39,41,48,51H,3-5,7,9-11,13,15-17,19,21-25,27-28,30-32,34,36-38,40,42-47H2,1-2H3/b8-6+,14-12+,20-18+,29-26+,35-33+,41-39+/t48-/m0/s1. The third kappa shape index (κ3) is 43.9. The maximum Gasteiger partial charge on any atom is 0.306 e. The SMILES string of the molecule is CC/C=C/C/C=C/C/C=C/C/C=C/C/C=C/C/C=C/CCC(=O)O[C@@H](CO)COC(=O)CCCCCCCCCCCCCCCCCCCCCCCC. The lowest BCUT2D eigenvalue weighted by molar-refractivity contribution is -0.161. The second-order valence-corrected chi connectivity index (χ2v) is 15.1. The highest BCUT2D eigenvalue weighted by Gasteiger charge is 2.15. The van der Waals surface area contributed by atoms with Gasteiger partial charge in [-0.15, -0.1) is 0 Å². The molecule has 55 heavy (non-hydrogen) atoms. The Hall–Kier alpha value is -2.66. The number of ether oxygens (including phenoxy) is 2. The average molecular weight is 767 g/mol. The monoisotopic (exact) mass is 767 g/mol. The first kappa shape index (κ1) is 52.3. The Morgan fingerprint density at radius 2 is 0.782 bits per heavy atom. The van der Waals surface area contributed by atoms with Gasteiger partial charge >= 0.3 is 11.9 Å². The first-order valence-electron chi connectivity index (χ1n) is 23.0. The molecule has 0 rings (SSSR count). The summed E-state index contributed by atoms with van der Waals surface area (Å²) < 4.78 is 10.6. The number of carbonyl (C=O) groups excluding carboxylic acids is 2. The Kier molecular flexibility index (Phi) is 43.5. The Morgan fingerprint density at radius 3 is 1.15 bits per heavy atom. The second kappa shape index (κ2) is 45.7. The van der Waals surface area contributed by atoms with E-state index in [2.05, 4.69) is 74.6 Å². The van der Waals surface area contributed by atoms with E-state index < -0.39 is 12.1 Å². The zero-order chi connectivity index (χ0) is 40.0. The molecule has 316 valence electrons. The number of hydrogen-bond donors (Lipinski definition) is 1. The van der Waals surface area contributed by atoms with Crippen molar-refractivity contribution >= 4 is 11.9 Å². The molecule has 0 unspecified atom stereocenters. The van der Waals surface area contributed by atoms with Crippen molar-refractivity contribution in [2.45, 2.75) is 219 Å². The van der Waals surface area contributed by atoms with Gasteiger partial charge in [0, 0.05) is 12.8 Å². The van der Waals surface area contributed by atoms with Gasteiger partial charge in [0.15, 0.2) is 6.10 Å². The van der Waals surface area contributed by atoms with Crippen molar-refractivity contribution in [3.8, 4) is 0 Å². The minimum atomic E-state index is -0.814. The maximum atomic E-state index is 12.2. The van der Waals surface area contributed by atoms with Crippen LogP contribution in [0.2, 0.25) is 0 Å². The number of hydrogen-bond acceptors (Lipinski definition) is 5. The van der Waals surface area contributed by atoms with Crippen molar-refractivity contribution in [1.29, 1.82) is 0 Å². The topological polar surface area (TPSA) is 72.8 Å². The number of allylic oxidation sites excluding steroid dienone is 12. The average Bonchev–Trinajstić information content (AvgIpc) is 3.19. The van der Waals surface area contributed by atoms with Gasteiger partial charge < -0.3 is 14.6 Å². The van der Waals surface area contributed by atoms with Crippen LogP contribution in [0.15, 0.2) is 72.9 Å². The second-order valence-electron chi connectivity index (χ2n) is 15.1. The lowest BCUT2D eigenvalue weighted by Gasteiger charge is -2.15. The van der Waals surface area contributed by atoms with Crippen LogP contribution in [-0.4, -0.2) is 36.4 Å². The molecule has 0 amide bonds. The first-order chi connectivity index (χ1) is 27.1. The van der Waals surface area contributed by atoms with Crippen LogP contribution in [0, 0.1) is 0 Å². The fourth-order valence-electron chi connectivity index (χ4n) is 6.35. The van der Waals surface area contributed by atoms with Crippen LogP contribution < -0.4 is 0 Å². The van der Waals surface area contributed by atoms with E-state index in [9.17, 15) is 14.7 Å². The summed E-state index contributed by atoms with van der Waals surface area (Å²) in [5.41, 5.74) is 0. The van der Waals surface area contributed by atoms with Gasteiger partial charge in [-0.3, -0.25) is 9.59 Å². The van der Waals surface area contributed by atoms with E-state index in [0.29, 0.717) is 12.8 Å². The van der Waals surface area contributed by atoms with E-state index >= 15 is 0 Å². The summed E-state index contributed by atoms with van der Waals surface area (Å²) in [6.07, 6.45) is 61.4. The molecule has 0 aliphatic carbocycles. The third-order valence-electron chi connectivity index (χ3n) is 9.78. The summed E-state index contributed by atoms with van der Waals surface area (Å²) in [5.74, 6) is -0.685. The summed E-state index contributed by atoms with van der Waals surface area (Å²) >= 11 is 0. The van der Waals surface area contributed by atoms with E-state index in [1.807, 2.05) is 12.2 Å². The highest BCUT2D eigenvalue weighted by Crippen LogP contribution is 2.16. The number of unbranched alkanes of at least 4 members (excludes halogenated alkanes) is 21. The van der Waals surface area contributed by atoms with Gasteiger partial charge in [-0.2, -0.15) is 0 Å². The van der Waals surface area contributed by atoms with Crippen molar-refractivity contribution in [3.05, 3.63) is 72.9 Å². The summed E-state index contributed by atoms with van der Waals surface area (Å²) in [6.45, 7) is 3.98. The molecule has 0 heterocycles. The van der Waals surface area contributed by atoms with Crippen LogP contribution in [0.3, 0.4) is 0 Å². The van der Waals surface area contributed by atoms with Crippen molar-refractivity contribution in [2.24, 2.45) is 0 Å². The van der Waals surface area contributed by atoms with Crippen molar-refractivity contribution in [3.63, 3.8) is 0 Å². The molecule has 1 atom stereocenters. The number of aliphatic hydroxyl groups is 1. The normalized spacial score (nSPS) is 12.9. The van der Waals surface area contributed by atoms with Crippen LogP contribution in [0.25, 0.3) is 0 Å². The number of rotatable bonds is 41. The Balaban J connectivity index is 3.61. The van der Waals surface area contributed by atoms with E-state index in [0.717, 1.165) is 57.8 Å². The smallest absolute Gasteiger partial charge is 0.306 e. The van der Waals surface area contributed by atoms with Crippen molar-refractivity contribution in [1.82, 2.24) is 0 Å². The highest BCUT2D eigenvalue weighted by atomic mass is 16.6. The summed E-state index contributed by atoms with van der Waals surface area (Å²) in [4.78, 5) is 24.3. The van der Waals surface area contributed by atoms with Gasteiger partial charge in [0.1, 0.15) is 6.61 Å². The van der Waals surface area contributed by atoms with Gasteiger partial charge in [-0.05, 0) is 51.4 Å². The molecule has 0 aliphatic rings. The van der Waals surface area contributed by atoms with E-state index in [1.54, 1.807) is 0 Å². The lowest BCUT2D eigenvalue weighted by Crippen LogP contribution is -2.28. The van der Waals surface area contributed by atoms with Crippen LogP contribution in [0.1, 0.15) is 213 Å². The molecule has 0 saturated carbocycles. The summed E-state index contributed by atoms with van der Waals surface area (Å²) in [5, 5.41) is 9.58. The quantitative estimate of drug-likeness (QED) is 0.0381. The summed E-state index contributed by atoms with van der Waals surface area (Å²) in [7, 11) is 0. The highest BCUT2D eigenvalue weighted by molar-refractivity contribution is 5.70. The van der Waals surface area contributed by atoms with Crippen LogP contribution in [0.4, 0.5) is 0 Å². The van der Waals surface area contributed by atoms with Gasteiger partial charge in [0.05, 0.1) is 6.61 Å². The molecule has 1 N–H and O–H groups in total. The molecular weight excluding hydrogens is 681 g/mol. The van der Waals surface area contributed by atoms with E-state index in [-0.39, 0.29) is 25.6 Å². The molecule has 0 spiro atoms. The van der Waals surface area contributed by atoms with Crippen LogP contribution >= 0.6 is 0 Å². The molecule has 0 saturated heterocycles. The molecule has 0 fully saturated rings. The lowest BCUT2D eigenvalue weighted by atomic mass is 10.0. The van der Waals surface area contributed by atoms with E-state index in [4.69, 9.17) is 9.47 Å². The third-order valence-corrected chi connectivity index (χ3v) is 9.78. The summed E-state index contributed by atoms with van der Waals surface area (Å²) in [6, 6.07) is 0. The van der Waals surface area contributed by atoms with Gasteiger partial charge in [-0.25, -0.2) is 0 Å². The van der Waals surface area contributed by atoms with Crippen LogP contribution in [-0.2, 0) is 19.1 Å². The minimum absolute atomic E-state index is 0.0969. The van der Waals surface area contributed by atoms with Gasteiger partial charge in [0.2, 0.25) is 0 Å². The molecule has 5 nitrogen and oxygen atoms in total. The largest absolute Gasteiger partial charge is 0.462 e. The molecule has 0 aromatic heterocycles. The predicted molar refractivity (Wildman–Crippen MR) is 237 cm³/mol. The zero-order valence-electron chi connectivity index (χ0n) is 35.9. The predicted octanol–water partition coefficient (Wildman–Crippen LogP) is 14.9. The minimum Gasteiger partial charge on any atom is -0.462 e. The van der Waals surface area contributed by atoms with Crippen molar-refractivity contribution < 1.29 is 24.2 Å². The van der Waals surface area contributed by atoms with Gasteiger partial charge in [0.25, 0.3) is 0 Å². The number of esters is 2. The zero-order valence-corrected chi connectivity index (χ0v) is 35.9. The van der Waals surface area contributed by atoms with Crippen molar-refractivity contribution in [2.75, 3.05) is 13.2 Å². The maximum absolute atomic E-state index is 12.2. The fraction of sp³-hybridized carbons (Fsp3) is 0.720. The molecule has 0 bridgehead atoms. The van der Waals surface area contributed by atoms with E-state index in [1.165, 1.54) is 122 Å². The molecule has 0 aliphatic heterocycles. The number of carbonyl (C=O) groups is 2. The number of aliphatic hydroxyl groups excluding tert-OH is 1. The van der Waals surface area contributed by atoms with Crippen LogP contribution in [0.5, 0.6) is 0 Å². The molecule has 5 heteroatoms. The Labute approximate surface area is 340 Å². The Bertz CT molecular complexity index is 1000. The molecular formula is C50H86O5. The first-order valence-corrected chi connectivity index (χ1v) is 23.0. The molecule has 0 aromatic carbocycles. The molecule has 0 radical (unpaired) electrons. The Morgan fingerprint density at radius 1 is 0.436 bits per heavy atom. The van der Waals surface area contributed by atoms with Gasteiger partial charge in [-0.1, -0.05) is 222 Å². The molecule has 0 aromatic rings.